The van der Waals surface area contributed by atoms with E-state index in [-0.39, 0.29) is 16.3 Å². The summed E-state index contributed by atoms with van der Waals surface area (Å²) in [4.78, 5) is 29.8. The molecule has 1 amide bonds. The Kier molecular flexibility index (Phi) is 7.46. The monoisotopic (exact) mass is 503 g/mol. The number of nitrogens with zero attached hydrogens (tertiary/aromatic N) is 2. The van der Waals surface area contributed by atoms with E-state index >= 15 is 0 Å². The van der Waals surface area contributed by atoms with Crippen molar-refractivity contribution in [3.05, 3.63) is 94.1 Å². The average Bonchev–Trinajstić information content (AvgIpc) is 2.88. The second kappa shape index (κ2) is 10.9. The zero-order valence-corrected chi connectivity index (χ0v) is 20.5. The maximum absolute atomic E-state index is 12.9. The molecule has 0 unspecified atom stereocenters. The number of fused-ring (bicyclic) bond motifs is 1. The van der Waals surface area contributed by atoms with Gasteiger partial charge in [-0.1, -0.05) is 23.7 Å². The molecule has 3 aromatic carbocycles. The molecule has 4 rings (SSSR count). The van der Waals surface area contributed by atoms with Crippen LogP contribution in [0.15, 0.2) is 71.8 Å². The first-order valence-corrected chi connectivity index (χ1v) is 11.2. The normalized spacial score (nSPS) is 10.9. The summed E-state index contributed by atoms with van der Waals surface area (Å²) < 4.78 is 16.1. The van der Waals surface area contributed by atoms with Crippen LogP contribution in [0, 0.1) is 6.92 Å². The molecular weight excluding hydrogens is 482 g/mol. The third kappa shape index (κ3) is 5.45. The Balaban J connectivity index is 1.50. The summed E-state index contributed by atoms with van der Waals surface area (Å²) in [6, 6.07) is 18.5. The highest BCUT2D eigenvalue weighted by molar-refractivity contribution is 6.33. The number of halogens is 1. The van der Waals surface area contributed by atoms with Crippen molar-refractivity contribution in [2.45, 2.75) is 6.92 Å². The van der Waals surface area contributed by atoms with Gasteiger partial charge in [0.05, 0.1) is 42.1 Å². The van der Waals surface area contributed by atoms with Crippen molar-refractivity contribution in [1.29, 1.82) is 0 Å². The minimum Gasteiger partial charge on any atom is -0.497 e. The molecule has 4 aromatic rings. The minimum absolute atomic E-state index is 0.219. The molecule has 0 aliphatic heterocycles. The van der Waals surface area contributed by atoms with E-state index in [1.165, 1.54) is 13.3 Å². The Morgan fingerprint density at radius 3 is 2.50 bits per heavy atom. The highest BCUT2D eigenvalue weighted by Gasteiger charge is 2.16. The second-order valence-corrected chi connectivity index (χ2v) is 8.08. The van der Waals surface area contributed by atoms with Crippen LogP contribution >= 0.6 is 11.6 Å². The van der Waals surface area contributed by atoms with E-state index in [1.807, 2.05) is 6.92 Å². The number of pyridine rings is 1. The van der Waals surface area contributed by atoms with Crippen molar-refractivity contribution in [3.8, 4) is 17.2 Å². The standard InChI is InChI=1S/C27H22ClN3O5/c1-16-12-21(20-14-18(34-2)9-10-23(20)30-16)26(32)31-29-15-17-8-11-24(25(13-17)35-3)36-27(33)19-6-4-5-7-22(19)28/h4-15H,1-3H3,(H,31,32). The molecule has 182 valence electrons. The second-order valence-electron chi connectivity index (χ2n) is 7.67. The Morgan fingerprint density at radius 1 is 0.944 bits per heavy atom. The summed E-state index contributed by atoms with van der Waals surface area (Å²) >= 11 is 6.07. The molecule has 0 saturated carbocycles. The summed E-state index contributed by atoms with van der Waals surface area (Å²) in [5.41, 5.74) is 5.20. The van der Waals surface area contributed by atoms with Gasteiger partial charge in [0, 0.05) is 11.1 Å². The van der Waals surface area contributed by atoms with Gasteiger partial charge in [-0.15, -0.1) is 0 Å². The van der Waals surface area contributed by atoms with Crippen molar-refractivity contribution >= 4 is 40.6 Å². The molecule has 0 fully saturated rings. The number of carbonyl (C=O) groups excluding carboxylic acids is 2. The lowest BCUT2D eigenvalue weighted by Crippen LogP contribution is -2.18. The molecule has 36 heavy (non-hydrogen) atoms. The van der Waals surface area contributed by atoms with Crippen LogP contribution < -0.4 is 19.6 Å². The lowest BCUT2D eigenvalue weighted by Gasteiger charge is -2.10. The molecule has 1 heterocycles. The van der Waals surface area contributed by atoms with Gasteiger partial charge in [-0.05, 0) is 67.1 Å². The fourth-order valence-corrected chi connectivity index (χ4v) is 3.72. The van der Waals surface area contributed by atoms with Crippen LogP contribution in [0.4, 0.5) is 0 Å². The number of aryl methyl sites for hydroxylation is 1. The van der Waals surface area contributed by atoms with Crippen molar-refractivity contribution in [2.24, 2.45) is 5.10 Å². The van der Waals surface area contributed by atoms with Crippen molar-refractivity contribution in [1.82, 2.24) is 10.4 Å². The topological polar surface area (TPSA) is 99.1 Å². The van der Waals surface area contributed by atoms with E-state index in [1.54, 1.807) is 73.8 Å². The Labute approximate surface area is 212 Å². The van der Waals surface area contributed by atoms with Gasteiger partial charge in [-0.25, -0.2) is 10.2 Å². The molecule has 8 nitrogen and oxygen atoms in total. The first-order chi connectivity index (χ1) is 17.4. The maximum atomic E-state index is 12.9. The van der Waals surface area contributed by atoms with Gasteiger partial charge in [0.1, 0.15) is 5.75 Å². The summed E-state index contributed by atoms with van der Waals surface area (Å²) in [5.74, 6) is 0.147. The number of rotatable bonds is 7. The predicted molar refractivity (Wildman–Crippen MR) is 137 cm³/mol. The van der Waals surface area contributed by atoms with Crippen LogP contribution in [-0.2, 0) is 0 Å². The molecule has 1 N–H and O–H groups in total. The molecule has 9 heteroatoms. The van der Waals surface area contributed by atoms with Gasteiger partial charge < -0.3 is 14.2 Å². The lowest BCUT2D eigenvalue weighted by atomic mass is 10.1. The quantitative estimate of drug-likeness (QED) is 0.161. The first-order valence-electron chi connectivity index (χ1n) is 10.8. The molecule has 0 radical (unpaired) electrons. The zero-order valence-electron chi connectivity index (χ0n) is 19.7. The van der Waals surface area contributed by atoms with E-state index in [0.29, 0.717) is 39.2 Å². The molecule has 0 aliphatic rings. The number of esters is 1. The minimum atomic E-state index is -0.607. The number of carbonyl (C=O) groups is 2. The summed E-state index contributed by atoms with van der Waals surface area (Å²) in [5, 5.41) is 5.01. The van der Waals surface area contributed by atoms with Crippen LogP contribution in [0.1, 0.15) is 32.0 Å². The third-order valence-electron chi connectivity index (χ3n) is 5.25. The average molecular weight is 504 g/mol. The number of methoxy groups -OCH3 is 2. The predicted octanol–water partition coefficient (Wildman–Crippen LogP) is 5.20. The molecule has 1 aromatic heterocycles. The van der Waals surface area contributed by atoms with E-state index in [4.69, 9.17) is 25.8 Å². The fraction of sp³-hybridized carbons (Fsp3) is 0.111. The Morgan fingerprint density at radius 2 is 1.75 bits per heavy atom. The number of aromatic nitrogens is 1. The van der Waals surface area contributed by atoms with Gasteiger partial charge in [0.2, 0.25) is 0 Å². The maximum Gasteiger partial charge on any atom is 0.345 e. The number of ether oxygens (including phenoxy) is 3. The molecule has 0 spiro atoms. The number of benzene rings is 3. The number of nitrogens with one attached hydrogen (secondary N) is 1. The summed E-state index contributed by atoms with van der Waals surface area (Å²) in [7, 11) is 3.01. The SMILES string of the molecule is COc1ccc2nc(C)cc(C(=O)NN=Cc3ccc(OC(=O)c4ccccc4Cl)c(OC)c3)c2c1. The molecule has 0 saturated heterocycles. The third-order valence-corrected chi connectivity index (χ3v) is 5.58. The number of amides is 1. The van der Waals surface area contributed by atoms with Gasteiger partial charge in [-0.2, -0.15) is 5.10 Å². The highest BCUT2D eigenvalue weighted by Crippen LogP contribution is 2.29. The van der Waals surface area contributed by atoms with E-state index in [9.17, 15) is 9.59 Å². The zero-order chi connectivity index (χ0) is 25.7. The molecular formula is C27H22ClN3O5. The van der Waals surface area contributed by atoms with Gasteiger partial charge in [-0.3, -0.25) is 9.78 Å². The van der Waals surface area contributed by atoms with Crippen LogP contribution in [0.3, 0.4) is 0 Å². The van der Waals surface area contributed by atoms with Crippen LogP contribution in [0.2, 0.25) is 5.02 Å². The van der Waals surface area contributed by atoms with Crippen LogP contribution in [0.25, 0.3) is 10.9 Å². The molecule has 0 aliphatic carbocycles. The van der Waals surface area contributed by atoms with Gasteiger partial charge in [0.15, 0.2) is 11.5 Å². The highest BCUT2D eigenvalue weighted by atomic mass is 35.5. The Bertz CT molecular complexity index is 1490. The number of hydrogen-bond acceptors (Lipinski definition) is 7. The van der Waals surface area contributed by atoms with Crippen LogP contribution in [0.5, 0.6) is 17.2 Å². The largest absolute Gasteiger partial charge is 0.497 e. The fourth-order valence-electron chi connectivity index (χ4n) is 3.51. The van der Waals surface area contributed by atoms with Crippen molar-refractivity contribution in [3.63, 3.8) is 0 Å². The van der Waals surface area contributed by atoms with Crippen molar-refractivity contribution in [2.75, 3.05) is 14.2 Å². The Hall–Kier alpha value is -4.43. The first kappa shape index (κ1) is 24.7. The van der Waals surface area contributed by atoms with Crippen molar-refractivity contribution < 1.29 is 23.8 Å². The summed E-state index contributed by atoms with van der Waals surface area (Å²) in [6.45, 7) is 1.82. The van der Waals surface area contributed by atoms with Gasteiger partial charge >= 0.3 is 5.97 Å². The van der Waals surface area contributed by atoms with Crippen LogP contribution in [-0.4, -0.2) is 37.3 Å². The number of hydrogen-bond donors (Lipinski definition) is 1. The summed E-state index contributed by atoms with van der Waals surface area (Å²) in [6.07, 6.45) is 1.46. The van der Waals surface area contributed by atoms with E-state index < -0.39 is 11.9 Å². The molecule has 0 bridgehead atoms. The number of hydrazone groups is 1. The van der Waals surface area contributed by atoms with Gasteiger partial charge in [0.25, 0.3) is 5.91 Å². The lowest BCUT2D eigenvalue weighted by molar-refractivity contribution is 0.0729. The molecule has 0 atom stereocenters. The smallest absolute Gasteiger partial charge is 0.345 e. The van der Waals surface area contributed by atoms with E-state index in [2.05, 4.69) is 15.5 Å². The van der Waals surface area contributed by atoms with E-state index in [0.717, 1.165) is 0 Å².